The fourth-order valence-corrected chi connectivity index (χ4v) is 2.63. The maximum Gasteiger partial charge on any atom is 0.338 e. The number of unbranched alkanes of at least 4 members (excludes halogenated alkanes) is 1. The molecule has 0 aromatic heterocycles. The molecule has 1 aliphatic carbocycles. The minimum Gasteiger partial charge on any atom is -0.484 e. The van der Waals surface area contributed by atoms with Gasteiger partial charge in [-0.15, -0.1) is 0 Å². The second-order valence-corrected chi connectivity index (χ2v) is 5.66. The molecule has 0 heterocycles. The first-order valence-corrected chi connectivity index (χ1v) is 7.90. The molecule has 0 radical (unpaired) electrons. The van der Waals surface area contributed by atoms with Gasteiger partial charge in [-0.05, 0) is 31.4 Å². The predicted molar refractivity (Wildman–Crippen MR) is 80.6 cm³/mol. The molecule has 1 saturated carbocycles. The highest BCUT2D eigenvalue weighted by molar-refractivity contribution is 5.89. The van der Waals surface area contributed by atoms with Crippen LogP contribution in [0.5, 0.6) is 5.75 Å². The van der Waals surface area contributed by atoms with Crippen molar-refractivity contribution in [1.82, 2.24) is 0 Å². The summed E-state index contributed by atoms with van der Waals surface area (Å²) in [6.07, 6.45) is 3.98. The molecule has 0 N–H and O–H groups in total. The van der Waals surface area contributed by atoms with Crippen LogP contribution in [-0.4, -0.2) is 31.9 Å². The highest BCUT2D eigenvalue weighted by Gasteiger charge is 2.29. The fourth-order valence-electron chi connectivity index (χ4n) is 2.63. The predicted octanol–water partition coefficient (Wildman–Crippen LogP) is 3.87. The molecule has 1 fully saturated rings. The van der Waals surface area contributed by atoms with Crippen molar-refractivity contribution in [1.29, 1.82) is 0 Å². The summed E-state index contributed by atoms with van der Waals surface area (Å²) < 4.78 is 43.6. The first kappa shape index (κ1) is 17.7. The van der Waals surface area contributed by atoms with E-state index in [-0.39, 0.29) is 17.8 Å². The third-order valence-corrected chi connectivity index (χ3v) is 3.89. The Labute approximate surface area is 134 Å². The number of rotatable bonds is 7. The van der Waals surface area contributed by atoms with Gasteiger partial charge in [-0.3, -0.25) is 0 Å². The second kappa shape index (κ2) is 8.24. The standard InChI is InChI=1S/C17H22F2O4/c1-3-4-7-22-12-5-6-13(10-12)23-16-14(18)8-11(9-15(16)19)17(20)21-2/h8-9,12-13H,3-7,10H2,1-2H3. The molecule has 6 heteroatoms. The average Bonchev–Trinajstić information content (AvgIpc) is 2.97. The summed E-state index contributed by atoms with van der Waals surface area (Å²) in [5.41, 5.74) is -0.179. The largest absolute Gasteiger partial charge is 0.484 e. The molecule has 23 heavy (non-hydrogen) atoms. The Morgan fingerprint density at radius 2 is 1.87 bits per heavy atom. The molecule has 1 aromatic rings. The van der Waals surface area contributed by atoms with Gasteiger partial charge in [-0.1, -0.05) is 13.3 Å². The van der Waals surface area contributed by atoms with E-state index in [0.29, 0.717) is 19.4 Å². The number of ether oxygens (including phenoxy) is 3. The van der Waals surface area contributed by atoms with Gasteiger partial charge in [0.25, 0.3) is 0 Å². The maximum atomic E-state index is 14.0. The lowest BCUT2D eigenvalue weighted by Crippen LogP contribution is -2.17. The SMILES string of the molecule is CCCCOC1CCC(Oc2c(F)cc(C(=O)OC)cc2F)C1. The number of carbonyl (C=O) groups is 1. The molecular weight excluding hydrogens is 306 g/mol. The lowest BCUT2D eigenvalue weighted by Gasteiger charge is -2.16. The van der Waals surface area contributed by atoms with Gasteiger partial charge in [0, 0.05) is 13.0 Å². The van der Waals surface area contributed by atoms with Crippen molar-refractivity contribution in [2.24, 2.45) is 0 Å². The van der Waals surface area contributed by atoms with Crippen LogP contribution in [0.3, 0.4) is 0 Å². The molecule has 1 aliphatic rings. The minimum atomic E-state index is -0.902. The topological polar surface area (TPSA) is 44.8 Å². The number of hydrogen-bond acceptors (Lipinski definition) is 4. The van der Waals surface area contributed by atoms with E-state index in [2.05, 4.69) is 11.7 Å². The Kier molecular flexibility index (Phi) is 6.33. The number of halogens is 2. The van der Waals surface area contributed by atoms with E-state index in [0.717, 1.165) is 38.5 Å². The normalized spacial score (nSPS) is 20.5. The van der Waals surface area contributed by atoms with Crippen LogP contribution in [0, 0.1) is 11.6 Å². The smallest absolute Gasteiger partial charge is 0.338 e. The monoisotopic (exact) mass is 328 g/mol. The molecule has 0 spiro atoms. The molecule has 0 amide bonds. The van der Waals surface area contributed by atoms with E-state index < -0.39 is 23.4 Å². The van der Waals surface area contributed by atoms with E-state index >= 15 is 0 Å². The molecule has 2 atom stereocenters. The van der Waals surface area contributed by atoms with Crippen LogP contribution >= 0.6 is 0 Å². The van der Waals surface area contributed by atoms with E-state index in [4.69, 9.17) is 9.47 Å². The van der Waals surface area contributed by atoms with Crippen LogP contribution in [-0.2, 0) is 9.47 Å². The number of hydrogen-bond donors (Lipinski definition) is 0. The average molecular weight is 328 g/mol. The van der Waals surface area contributed by atoms with E-state index in [9.17, 15) is 13.6 Å². The van der Waals surface area contributed by atoms with Crippen LogP contribution in [0.25, 0.3) is 0 Å². The van der Waals surface area contributed by atoms with Crippen LogP contribution < -0.4 is 4.74 Å². The Morgan fingerprint density at radius 1 is 1.22 bits per heavy atom. The van der Waals surface area contributed by atoms with Crippen molar-refractivity contribution in [3.63, 3.8) is 0 Å². The van der Waals surface area contributed by atoms with Crippen molar-refractivity contribution in [2.45, 2.75) is 51.2 Å². The molecule has 0 saturated heterocycles. The molecule has 2 rings (SSSR count). The van der Waals surface area contributed by atoms with Gasteiger partial charge in [0.05, 0.1) is 18.8 Å². The van der Waals surface area contributed by atoms with Gasteiger partial charge in [-0.25, -0.2) is 13.6 Å². The number of carbonyl (C=O) groups excluding carboxylic acids is 1. The van der Waals surface area contributed by atoms with Crippen molar-refractivity contribution in [3.05, 3.63) is 29.3 Å². The first-order valence-electron chi connectivity index (χ1n) is 7.90. The van der Waals surface area contributed by atoms with Crippen LogP contribution in [0.2, 0.25) is 0 Å². The Bertz CT molecular complexity index is 524. The van der Waals surface area contributed by atoms with Gasteiger partial charge in [-0.2, -0.15) is 0 Å². The van der Waals surface area contributed by atoms with Crippen LogP contribution in [0.4, 0.5) is 8.78 Å². The number of esters is 1. The van der Waals surface area contributed by atoms with Crippen LogP contribution in [0.15, 0.2) is 12.1 Å². The highest BCUT2D eigenvalue weighted by atomic mass is 19.1. The molecular formula is C17H22F2O4. The first-order chi connectivity index (χ1) is 11.0. The lowest BCUT2D eigenvalue weighted by molar-refractivity contribution is 0.0474. The zero-order chi connectivity index (χ0) is 16.8. The molecule has 1 aromatic carbocycles. The summed E-state index contributed by atoms with van der Waals surface area (Å²) in [7, 11) is 1.15. The van der Waals surface area contributed by atoms with Gasteiger partial charge in [0.2, 0.25) is 0 Å². The third-order valence-electron chi connectivity index (χ3n) is 3.89. The van der Waals surface area contributed by atoms with Crippen molar-refractivity contribution in [2.75, 3.05) is 13.7 Å². The van der Waals surface area contributed by atoms with Gasteiger partial charge < -0.3 is 14.2 Å². The van der Waals surface area contributed by atoms with Gasteiger partial charge in [0.1, 0.15) is 6.10 Å². The zero-order valence-corrected chi connectivity index (χ0v) is 13.4. The van der Waals surface area contributed by atoms with E-state index in [1.807, 2.05) is 0 Å². The van der Waals surface area contributed by atoms with E-state index in [1.54, 1.807) is 0 Å². The van der Waals surface area contributed by atoms with Crippen molar-refractivity contribution in [3.8, 4) is 5.75 Å². The highest BCUT2D eigenvalue weighted by Crippen LogP contribution is 2.30. The molecule has 2 unspecified atom stereocenters. The van der Waals surface area contributed by atoms with Crippen LogP contribution in [0.1, 0.15) is 49.4 Å². The lowest BCUT2D eigenvalue weighted by atomic mass is 10.2. The third kappa shape index (κ3) is 4.64. The van der Waals surface area contributed by atoms with Gasteiger partial charge >= 0.3 is 5.97 Å². The molecule has 4 nitrogen and oxygen atoms in total. The fraction of sp³-hybridized carbons (Fsp3) is 0.588. The zero-order valence-electron chi connectivity index (χ0n) is 13.4. The summed E-state index contributed by atoms with van der Waals surface area (Å²) in [4.78, 5) is 11.3. The summed E-state index contributed by atoms with van der Waals surface area (Å²) in [6, 6.07) is 1.85. The van der Waals surface area contributed by atoms with Crippen molar-refractivity contribution < 1.29 is 27.8 Å². The summed E-state index contributed by atoms with van der Waals surface area (Å²) in [5, 5.41) is 0. The minimum absolute atomic E-state index is 0.0759. The Morgan fingerprint density at radius 3 is 2.48 bits per heavy atom. The summed E-state index contributed by atoms with van der Waals surface area (Å²) in [5.74, 6) is -3.04. The van der Waals surface area contributed by atoms with E-state index in [1.165, 1.54) is 0 Å². The molecule has 128 valence electrons. The molecule has 0 aliphatic heterocycles. The summed E-state index contributed by atoms with van der Waals surface area (Å²) in [6.45, 7) is 2.79. The van der Waals surface area contributed by atoms with Crippen molar-refractivity contribution >= 4 is 5.97 Å². The number of benzene rings is 1. The second-order valence-electron chi connectivity index (χ2n) is 5.66. The molecule has 0 bridgehead atoms. The maximum absolute atomic E-state index is 14.0. The quantitative estimate of drug-likeness (QED) is 0.563. The number of methoxy groups -OCH3 is 1. The van der Waals surface area contributed by atoms with Gasteiger partial charge in [0.15, 0.2) is 17.4 Å². The Hall–Kier alpha value is -1.69. The summed E-state index contributed by atoms with van der Waals surface area (Å²) >= 11 is 0. The Balaban J connectivity index is 1.97.